The van der Waals surface area contributed by atoms with Crippen LogP contribution < -0.4 is 0 Å². The average molecular weight is 727 g/mol. The van der Waals surface area contributed by atoms with Crippen LogP contribution in [-0.4, -0.2) is 0 Å². The number of hydrogen-bond donors (Lipinski definition) is 0. The fourth-order valence-electron chi connectivity index (χ4n) is 5.00. The van der Waals surface area contributed by atoms with Gasteiger partial charge in [-0.3, -0.25) is 0 Å². The van der Waals surface area contributed by atoms with Gasteiger partial charge in [-0.1, -0.05) is 138 Å². The van der Waals surface area contributed by atoms with E-state index in [0.717, 1.165) is 31.2 Å². The van der Waals surface area contributed by atoms with E-state index < -0.39 is 0 Å². The molecule has 0 aromatic heterocycles. The van der Waals surface area contributed by atoms with Crippen molar-refractivity contribution < 1.29 is 0 Å². The van der Waals surface area contributed by atoms with Crippen LogP contribution in [0.1, 0.15) is 74.9 Å². The zero-order chi connectivity index (χ0) is 32.9. The first-order valence-corrected chi connectivity index (χ1v) is 17.1. The van der Waals surface area contributed by atoms with Gasteiger partial charge in [0.2, 0.25) is 0 Å². The second-order valence-electron chi connectivity index (χ2n) is 13.5. The highest BCUT2D eigenvalue weighted by atomic mass is 79.9. The summed E-state index contributed by atoms with van der Waals surface area (Å²) in [6.07, 6.45) is 0. The standard InChI is InChI=1S/2C22H19Br/c2*1-22(2,3)20-12-9-16(10-13-20)8-11-19-14-17-6-4-5-7-18(17)15-21(19)23/h2*4-7,9-10,12-15H,1-3H3. The van der Waals surface area contributed by atoms with E-state index in [9.17, 15) is 0 Å². The molecule has 0 aliphatic heterocycles. The van der Waals surface area contributed by atoms with Crippen molar-refractivity contribution in [1.29, 1.82) is 0 Å². The molecule has 0 fully saturated rings. The number of rotatable bonds is 0. The molecule has 0 atom stereocenters. The molecule has 6 aromatic rings. The largest absolute Gasteiger partial charge is 0.0616 e. The van der Waals surface area contributed by atoms with Crippen LogP contribution in [0.5, 0.6) is 0 Å². The Morgan fingerprint density at radius 2 is 0.696 bits per heavy atom. The Hall–Kier alpha value is -4.08. The molecule has 46 heavy (non-hydrogen) atoms. The first kappa shape index (κ1) is 33.3. The molecule has 6 rings (SSSR count). The second kappa shape index (κ2) is 14.1. The highest BCUT2D eigenvalue weighted by Gasteiger charge is 2.13. The highest BCUT2D eigenvalue weighted by Crippen LogP contribution is 2.26. The predicted octanol–water partition coefficient (Wildman–Crippen LogP) is 12.6. The molecule has 0 heterocycles. The van der Waals surface area contributed by atoms with E-state index in [2.05, 4.69) is 218 Å². The van der Waals surface area contributed by atoms with E-state index in [-0.39, 0.29) is 10.8 Å². The van der Waals surface area contributed by atoms with Gasteiger partial charge in [-0.25, -0.2) is 0 Å². The van der Waals surface area contributed by atoms with Crippen molar-refractivity contribution in [3.8, 4) is 23.7 Å². The number of benzene rings is 6. The van der Waals surface area contributed by atoms with Crippen molar-refractivity contribution in [3.05, 3.63) is 164 Å². The summed E-state index contributed by atoms with van der Waals surface area (Å²) in [4.78, 5) is 0. The van der Waals surface area contributed by atoms with Gasteiger partial charge >= 0.3 is 0 Å². The SMILES string of the molecule is CC(C)(C)c1ccc(C#Cc2cc3ccccc3cc2Br)cc1.CC(C)(C)c1ccc(C#Cc2cc3ccccc3cc2Br)cc1. The van der Waals surface area contributed by atoms with Crippen molar-refractivity contribution in [2.75, 3.05) is 0 Å². The molecule has 2 heteroatoms. The molecule has 0 unspecified atom stereocenters. The van der Waals surface area contributed by atoms with Crippen LogP contribution in [0.2, 0.25) is 0 Å². The Balaban J connectivity index is 0.000000181. The lowest BCUT2D eigenvalue weighted by molar-refractivity contribution is 0.590. The van der Waals surface area contributed by atoms with Crippen molar-refractivity contribution in [2.45, 2.75) is 52.4 Å². The van der Waals surface area contributed by atoms with Crippen LogP contribution in [-0.2, 0) is 10.8 Å². The van der Waals surface area contributed by atoms with E-state index in [4.69, 9.17) is 0 Å². The minimum Gasteiger partial charge on any atom is -0.0616 e. The van der Waals surface area contributed by atoms with Crippen molar-refractivity contribution >= 4 is 53.4 Å². The summed E-state index contributed by atoms with van der Waals surface area (Å²) in [5, 5.41) is 4.87. The Bertz CT molecular complexity index is 1960. The Kier molecular flexibility index (Phi) is 10.2. The Morgan fingerprint density at radius 1 is 0.391 bits per heavy atom. The van der Waals surface area contributed by atoms with Crippen LogP contribution in [0.3, 0.4) is 0 Å². The molecule has 0 radical (unpaired) electrons. The van der Waals surface area contributed by atoms with E-state index in [1.165, 1.54) is 32.7 Å². The van der Waals surface area contributed by atoms with Crippen LogP contribution in [0, 0.1) is 23.7 Å². The maximum atomic E-state index is 3.63. The summed E-state index contributed by atoms with van der Waals surface area (Å²) < 4.78 is 2.07. The fourth-order valence-corrected chi connectivity index (χ4v) is 5.92. The predicted molar refractivity (Wildman–Crippen MR) is 206 cm³/mol. The maximum Gasteiger partial charge on any atom is 0.0397 e. The maximum absolute atomic E-state index is 3.63. The molecule has 0 saturated carbocycles. The molecule has 0 N–H and O–H groups in total. The summed E-state index contributed by atoms with van der Waals surface area (Å²) in [6, 6.07) is 42.3. The lowest BCUT2D eigenvalue weighted by Gasteiger charge is -2.18. The van der Waals surface area contributed by atoms with Crippen LogP contribution in [0.4, 0.5) is 0 Å². The first-order valence-electron chi connectivity index (χ1n) is 15.5. The summed E-state index contributed by atoms with van der Waals surface area (Å²) in [5.74, 6) is 13.1. The third-order valence-corrected chi connectivity index (χ3v) is 9.17. The van der Waals surface area contributed by atoms with E-state index in [1.807, 2.05) is 0 Å². The third kappa shape index (κ3) is 8.59. The zero-order valence-corrected chi connectivity index (χ0v) is 30.5. The molecule has 6 aromatic carbocycles. The quantitative estimate of drug-likeness (QED) is 0.137. The van der Waals surface area contributed by atoms with Gasteiger partial charge in [0, 0.05) is 31.2 Å². The van der Waals surface area contributed by atoms with Crippen molar-refractivity contribution in [2.24, 2.45) is 0 Å². The monoisotopic (exact) mass is 724 g/mol. The molecular weight excluding hydrogens is 688 g/mol. The van der Waals surface area contributed by atoms with Gasteiger partial charge in [-0.05, 0) is 124 Å². The Labute approximate surface area is 291 Å². The topological polar surface area (TPSA) is 0 Å². The molecule has 0 amide bonds. The number of halogens is 2. The molecule has 228 valence electrons. The number of fused-ring (bicyclic) bond motifs is 2. The van der Waals surface area contributed by atoms with Crippen LogP contribution in [0.15, 0.2) is 130 Å². The highest BCUT2D eigenvalue weighted by molar-refractivity contribution is 9.10. The lowest BCUT2D eigenvalue weighted by Crippen LogP contribution is -2.10. The lowest BCUT2D eigenvalue weighted by atomic mass is 9.87. The third-order valence-electron chi connectivity index (χ3n) is 7.86. The molecule has 0 bridgehead atoms. The average Bonchev–Trinajstić information content (AvgIpc) is 3.02. The van der Waals surface area contributed by atoms with Crippen molar-refractivity contribution in [3.63, 3.8) is 0 Å². The summed E-state index contributed by atoms with van der Waals surface area (Å²) in [7, 11) is 0. The van der Waals surface area contributed by atoms with E-state index >= 15 is 0 Å². The van der Waals surface area contributed by atoms with Crippen LogP contribution in [0.25, 0.3) is 21.5 Å². The van der Waals surface area contributed by atoms with Gasteiger partial charge in [-0.15, -0.1) is 0 Å². The summed E-state index contributed by atoms with van der Waals surface area (Å²) >= 11 is 7.25. The Morgan fingerprint density at radius 3 is 1.00 bits per heavy atom. The van der Waals surface area contributed by atoms with Gasteiger partial charge in [0.25, 0.3) is 0 Å². The minimum atomic E-state index is 0.174. The number of hydrogen-bond acceptors (Lipinski definition) is 0. The summed E-state index contributed by atoms with van der Waals surface area (Å²) in [5.41, 5.74) is 7.12. The normalized spacial score (nSPS) is 11.1. The van der Waals surface area contributed by atoms with Gasteiger partial charge in [0.1, 0.15) is 0 Å². The molecule has 0 aliphatic carbocycles. The van der Waals surface area contributed by atoms with Crippen molar-refractivity contribution in [1.82, 2.24) is 0 Å². The molecule has 0 nitrogen and oxygen atoms in total. The zero-order valence-electron chi connectivity index (χ0n) is 27.3. The van der Waals surface area contributed by atoms with Gasteiger partial charge in [0.05, 0.1) is 0 Å². The first-order chi connectivity index (χ1) is 21.9. The van der Waals surface area contributed by atoms with Crippen LogP contribution >= 0.6 is 31.9 Å². The van der Waals surface area contributed by atoms with Gasteiger partial charge in [0.15, 0.2) is 0 Å². The molecule has 0 aliphatic rings. The smallest absolute Gasteiger partial charge is 0.0397 e. The van der Waals surface area contributed by atoms with Gasteiger partial charge < -0.3 is 0 Å². The minimum absolute atomic E-state index is 0.174. The van der Waals surface area contributed by atoms with Gasteiger partial charge in [-0.2, -0.15) is 0 Å². The molecular formula is C44H38Br2. The second-order valence-corrected chi connectivity index (χ2v) is 15.2. The molecule has 0 spiro atoms. The summed E-state index contributed by atoms with van der Waals surface area (Å²) in [6.45, 7) is 13.3. The van der Waals surface area contributed by atoms with E-state index in [1.54, 1.807) is 0 Å². The van der Waals surface area contributed by atoms with E-state index in [0.29, 0.717) is 0 Å². The molecule has 0 saturated heterocycles. The fraction of sp³-hybridized carbons (Fsp3) is 0.182.